The minimum Gasteiger partial charge on any atom is -0.379 e. The van der Waals surface area contributed by atoms with E-state index >= 15 is 0 Å². The lowest BCUT2D eigenvalue weighted by Gasteiger charge is -2.05. The van der Waals surface area contributed by atoms with Crippen molar-refractivity contribution in [1.82, 2.24) is 0 Å². The first kappa shape index (κ1) is 12.8. The van der Waals surface area contributed by atoms with Gasteiger partial charge in [0.05, 0.1) is 5.69 Å². The average Bonchev–Trinajstić information content (AvgIpc) is 2.40. The zero-order chi connectivity index (χ0) is 12.8. The maximum Gasteiger partial charge on any atom is 0.146 e. The van der Waals surface area contributed by atoms with Crippen molar-refractivity contribution < 1.29 is 4.39 Å². The predicted octanol–water partition coefficient (Wildman–Crippen LogP) is 4.71. The summed E-state index contributed by atoms with van der Waals surface area (Å²) >= 11 is 3.32. The van der Waals surface area contributed by atoms with Crippen LogP contribution < -0.4 is 5.32 Å². The molecule has 0 heterocycles. The standard InChI is InChI=1S/C15H13BrFN/c16-13-8-9-14(17)15(11-13)18-10-4-7-12-5-2-1-3-6-12/h1-9,11,18H,10H2. The van der Waals surface area contributed by atoms with Crippen LogP contribution in [0.1, 0.15) is 5.56 Å². The summed E-state index contributed by atoms with van der Waals surface area (Å²) in [6.07, 6.45) is 3.97. The van der Waals surface area contributed by atoms with Crippen LogP contribution in [0.25, 0.3) is 6.08 Å². The molecule has 3 heteroatoms. The molecule has 0 radical (unpaired) electrons. The largest absolute Gasteiger partial charge is 0.379 e. The number of benzene rings is 2. The summed E-state index contributed by atoms with van der Waals surface area (Å²) in [5.41, 5.74) is 1.64. The van der Waals surface area contributed by atoms with Crippen molar-refractivity contribution in [3.05, 3.63) is 70.5 Å². The molecule has 1 N–H and O–H groups in total. The second kappa shape index (κ2) is 6.36. The number of hydrogen-bond acceptors (Lipinski definition) is 1. The van der Waals surface area contributed by atoms with Crippen LogP contribution in [0.5, 0.6) is 0 Å². The molecular formula is C15H13BrFN. The molecule has 2 rings (SSSR count). The summed E-state index contributed by atoms with van der Waals surface area (Å²) in [4.78, 5) is 0. The van der Waals surface area contributed by atoms with Crippen LogP contribution in [0.15, 0.2) is 59.1 Å². The normalized spacial score (nSPS) is 10.8. The lowest BCUT2D eigenvalue weighted by molar-refractivity contribution is 0.630. The summed E-state index contributed by atoms with van der Waals surface area (Å²) in [5.74, 6) is -0.244. The maximum absolute atomic E-state index is 13.4. The van der Waals surface area contributed by atoms with Gasteiger partial charge in [-0.15, -0.1) is 0 Å². The second-order valence-electron chi connectivity index (χ2n) is 3.82. The third-order valence-corrected chi connectivity index (χ3v) is 2.94. The van der Waals surface area contributed by atoms with E-state index in [1.54, 1.807) is 12.1 Å². The summed E-state index contributed by atoms with van der Waals surface area (Å²) in [6.45, 7) is 0.586. The molecule has 0 atom stereocenters. The highest BCUT2D eigenvalue weighted by Crippen LogP contribution is 2.19. The van der Waals surface area contributed by atoms with Crippen LogP contribution in [0.2, 0.25) is 0 Å². The first-order chi connectivity index (χ1) is 8.75. The Labute approximate surface area is 114 Å². The highest BCUT2D eigenvalue weighted by molar-refractivity contribution is 9.10. The molecule has 0 aliphatic carbocycles. The molecule has 0 aromatic heterocycles. The predicted molar refractivity (Wildman–Crippen MR) is 78.1 cm³/mol. The van der Waals surface area contributed by atoms with Gasteiger partial charge in [0, 0.05) is 11.0 Å². The van der Waals surface area contributed by atoms with E-state index in [2.05, 4.69) is 21.2 Å². The van der Waals surface area contributed by atoms with Crippen molar-refractivity contribution >= 4 is 27.7 Å². The molecule has 0 fully saturated rings. The monoisotopic (exact) mass is 305 g/mol. The number of nitrogens with one attached hydrogen (secondary N) is 1. The van der Waals surface area contributed by atoms with Crippen molar-refractivity contribution in [1.29, 1.82) is 0 Å². The molecule has 0 aliphatic rings. The van der Waals surface area contributed by atoms with Crippen molar-refractivity contribution in [3.63, 3.8) is 0 Å². The van der Waals surface area contributed by atoms with Gasteiger partial charge in [0.15, 0.2) is 0 Å². The van der Waals surface area contributed by atoms with E-state index in [4.69, 9.17) is 0 Å². The third kappa shape index (κ3) is 3.70. The van der Waals surface area contributed by atoms with E-state index < -0.39 is 0 Å². The SMILES string of the molecule is Fc1ccc(Br)cc1NCC=Cc1ccccc1. The van der Waals surface area contributed by atoms with Crippen molar-refractivity contribution in [2.75, 3.05) is 11.9 Å². The highest BCUT2D eigenvalue weighted by atomic mass is 79.9. The van der Waals surface area contributed by atoms with Gasteiger partial charge in [0.1, 0.15) is 5.82 Å². The number of hydrogen-bond donors (Lipinski definition) is 1. The summed E-state index contributed by atoms with van der Waals surface area (Å²) in [7, 11) is 0. The Bertz CT molecular complexity index is 537. The van der Waals surface area contributed by atoms with E-state index in [-0.39, 0.29) is 5.82 Å². The Kier molecular flexibility index (Phi) is 4.53. The van der Waals surface area contributed by atoms with Crippen LogP contribution in [0, 0.1) is 5.82 Å². The Morgan fingerprint density at radius 1 is 1.11 bits per heavy atom. The van der Waals surface area contributed by atoms with Crippen molar-refractivity contribution in [2.24, 2.45) is 0 Å². The van der Waals surface area contributed by atoms with Gasteiger partial charge in [-0.1, -0.05) is 58.4 Å². The fraction of sp³-hybridized carbons (Fsp3) is 0.0667. The number of halogens is 2. The van der Waals surface area contributed by atoms with Gasteiger partial charge in [-0.2, -0.15) is 0 Å². The van der Waals surface area contributed by atoms with Crippen LogP contribution in [-0.2, 0) is 0 Å². The molecule has 0 aliphatic heterocycles. The Morgan fingerprint density at radius 3 is 2.67 bits per heavy atom. The highest BCUT2D eigenvalue weighted by Gasteiger charge is 2.00. The van der Waals surface area contributed by atoms with Crippen molar-refractivity contribution in [3.8, 4) is 0 Å². The van der Waals surface area contributed by atoms with Gasteiger partial charge < -0.3 is 5.32 Å². The van der Waals surface area contributed by atoms with E-state index in [1.807, 2.05) is 42.5 Å². The van der Waals surface area contributed by atoms with E-state index in [9.17, 15) is 4.39 Å². The minimum atomic E-state index is -0.244. The first-order valence-corrected chi connectivity index (χ1v) is 6.45. The average molecular weight is 306 g/mol. The zero-order valence-electron chi connectivity index (χ0n) is 9.74. The molecule has 2 aromatic rings. The van der Waals surface area contributed by atoms with E-state index in [0.717, 1.165) is 10.0 Å². The van der Waals surface area contributed by atoms with Gasteiger partial charge in [-0.25, -0.2) is 4.39 Å². The second-order valence-corrected chi connectivity index (χ2v) is 4.73. The molecule has 0 saturated heterocycles. The molecule has 92 valence electrons. The molecule has 0 amide bonds. The molecule has 1 nitrogen and oxygen atoms in total. The van der Waals surface area contributed by atoms with Gasteiger partial charge >= 0.3 is 0 Å². The van der Waals surface area contributed by atoms with Crippen LogP contribution >= 0.6 is 15.9 Å². The molecule has 0 bridgehead atoms. The quantitative estimate of drug-likeness (QED) is 0.862. The topological polar surface area (TPSA) is 12.0 Å². The lowest BCUT2D eigenvalue weighted by Crippen LogP contribution is -2.00. The first-order valence-electron chi connectivity index (χ1n) is 5.66. The third-order valence-electron chi connectivity index (χ3n) is 2.45. The Hall–Kier alpha value is -1.61. The van der Waals surface area contributed by atoms with Gasteiger partial charge in [-0.3, -0.25) is 0 Å². The molecule has 0 unspecified atom stereocenters. The molecule has 0 spiro atoms. The van der Waals surface area contributed by atoms with Gasteiger partial charge in [0.2, 0.25) is 0 Å². The zero-order valence-corrected chi connectivity index (χ0v) is 11.3. The van der Waals surface area contributed by atoms with Crippen LogP contribution in [0.3, 0.4) is 0 Å². The van der Waals surface area contributed by atoms with Gasteiger partial charge in [-0.05, 0) is 23.8 Å². The summed E-state index contributed by atoms with van der Waals surface area (Å²) < 4.78 is 14.3. The van der Waals surface area contributed by atoms with E-state index in [0.29, 0.717) is 12.2 Å². The fourth-order valence-corrected chi connectivity index (χ4v) is 1.92. The molecular weight excluding hydrogens is 293 g/mol. The fourth-order valence-electron chi connectivity index (χ4n) is 1.56. The lowest BCUT2D eigenvalue weighted by atomic mass is 10.2. The van der Waals surface area contributed by atoms with Gasteiger partial charge in [0.25, 0.3) is 0 Å². The Morgan fingerprint density at radius 2 is 1.89 bits per heavy atom. The Balaban J connectivity index is 1.92. The van der Waals surface area contributed by atoms with E-state index in [1.165, 1.54) is 6.07 Å². The molecule has 2 aromatic carbocycles. The molecule has 0 saturated carbocycles. The maximum atomic E-state index is 13.4. The van der Waals surface area contributed by atoms with Crippen LogP contribution in [0.4, 0.5) is 10.1 Å². The summed E-state index contributed by atoms with van der Waals surface area (Å²) in [6, 6.07) is 14.8. The molecule has 18 heavy (non-hydrogen) atoms. The van der Waals surface area contributed by atoms with Crippen LogP contribution in [-0.4, -0.2) is 6.54 Å². The summed E-state index contributed by atoms with van der Waals surface area (Å²) in [5, 5.41) is 3.03. The number of rotatable bonds is 4. The van der Waals surface area contributed by atoms with Crippen molar-refractivity contribution in [2.45, 2.75) is 0 Å². The number of anilines is 1. The smallest absolute Gasteiger partial charge is 0.146 e. The minimum absolute atomic E-state index is 0.244.